The van der Waals surface area contributed by atoms with Crippen LogP contribution in [0.15, 0.2) is 21.8 Å². The lowest BCUT2D eigenvalue weighted by molar-refractivity contribution is -0.0238. The molecule has 9 nitrogen and oxygen atoms in total. The van der Waals surface area contributed by atoms with Gasteiger partial charge in [0, 0.05) is 38.8 Å². The van der Waals surface area contributed by atoms with Gasteiger partial charge in [-0.2, -0.15) is 4.31 Å². The molecule has 2 aliphatic rings. The second kappa shape index (κ2) is 9.52. The Bertz CT molecular complexity index is 713. The Morgan fingerprint density at radius 3 is 2.59 bits per heavy atom. The fourth-order valence-corrected chi connectivity index (χ4v) is 4.58. The number of hydrogen-bond donors (Lipinski definition) is 2. The number of aliphatic imine (C=N–C) groups is 1. The Morgan fingerprint density at radius 1 is 1.37 bits per heavy atom. The van der Waals surface area contributed by atoms with Crippen molar-refractivity contribution in [3.05, 3.63) is 18.0 Å². The number of nitrogens with zero attached hydrogens (tertiary/aromatic N) is 4. The van der Waals surface area contributed by atoms with Crippen LogP contribution in [0.3, 0.4) is 0 Å². The molecule has 11 heteroatoms. The van der Waals surface area contributed by atoms with E-state index < -0.39 is 15.6 Å². The molecule has 2 N–H and O–H groups in total. The van der Waals surface area contributed by atoms with Gasteiger partial charge in [0.05, 0.1) is 17.8 Å². The van der Waals surface area contributed by atoms with Crippen LogP contribution in [0.5, 0.6) is 0 Å². The molecule has 27 heavy (non-hydrogen) atoms. The van der Waals surface area contributed by atoms with Crippen molar-refractivity contribution >= 4 is 40.0 Å². The molecule has 0 bridgehead atoms. The second-order valence-electron chi connectivity index (χ2n) is 6.88. The zero-order valence-electron chi connectivity index (χ0n) is 15.5. The zero-order valence-corrected chi connectivity index (χ0v) is 18.6. The predicted molar refractivity (Wildman–Crippen MR) is 112 cm³/mol. The van der Waals surface area contributed by atoms with Crippen molar-refractivity contribution in [1.82, 2.24) is 19.7 Å². The monoisotopic (exact) mass is 513 g/mol. The lowest BCUT2D eigenvalue weighted by Gasteiger charge is -2.38. The van der Waals surface area contributed by atoms with Gasteiger partial charge >= 0.3 is 0 Å². The molecular weight excluding hydrogens is 485 g/mol. The third kappa shape index (κ3) is 5.78. The van der Waals surface area contributed by atoms with Gasteiger partial charge < -0.3 is 19.8 Å². The maximum absolute atomic E-state index is 12.5. The summed E-state index contributed by atoms with van der Waals surface area (Å²) in [5.41, 5.74) is -0.250. The molecule has 2 fully saturated rings. The Labute approximate surface area is 177 Å². The highest BCUT2D eigenvalue weighted by molar-refractivity contribution is 14.0. The fraction of sp³-hybridized carbons (Fsp3) is 0.750. The average Bonchev–Trinajstić information content (AvgIpc) is 3.09. The highest BCUT2D eigenvalue weighted by Crippen LogP contribution is 2.31. The molecule has 1 saturated heterocycles. The van der Waals surface area contributed by atoms with Crippen LogP contribution in [0.2, 0.25) is 0 Å². The number of aromatic nitrogens is 1. The second-order valence-corrected chi connectivity index (χ2v) is 8.85. The van der Waals surface area contributed by atoms with E-state index in [0.717, 1.165) is 31.8 Å². The SMILES string of the molecule is CCNC(=NCC1(O)CCC1)N1CCN(S(=O)(=O)Cc2ccon2)CC1.I. The number of aliphatic hydroxyl groups is 1. The maximum atomic E-state index is 12.5. The van der Waals surface area contributed by atoms with Crippen LogP contribution in [0, 0.1) is 0 Å². The van der Waals surface area contributed by atoms with Gasteiger partial charge in [-0.05, 0) is 26.2 Å². The van der Waals surface area contributed by atoms with Gasteiger partial charge in [-0.3, -0.25) is 4.99 Å². The van der Waals surface area contributed by atoms with Crippen molar-refractivity contribution in [2.45, 2.75) is 37.5 Å². The summed E-state index contributed by atoms with van der Waals surface area (Å²) in [6.07, 6.45) is 4.01. The summed E-state index contributed by atoms with van der Waals surface area (Å²) in [6.45, 7) is 5.02. The van der Waals surface area contributed by atoms with Crippen molar-refractivity contribution in [3.8, 4) is 0 Å². The summed E-state index contributed by atoms with van der Waals surface area (Å²) in [5.74, 6) is 0.589. The molecule has 0 aromatic carbocycles. The van der Waals surface area contributed by atoms with Gasteiger partial charge in [0.1, 0.15) is 12.0 Å². The van der Waals surface area contributed by atoms with E-state index in [9.17, 15) is 13.5 Å². The number of guanidine groups is 1. The molecule has 1 saturated carbocycles. The lowest BCUT2D eigenvalue weighted by atomic mass is 9.80. The van der Waals surface area contributed by atoms with Gasteiger partial charge in [-0.15, -0.1) is 24.0 Å². The third-order valence-electron chi connectivity index (χ3n) is 4.90. The van der Waals surface area contributed by atoms with Crippen molar-refractivity contribution in [3.63, 3.8) is 0 Å². The van der Waals surface area contributed by atoms with E-state index in [1.165, 1.54) is 10.6 Å². The van der Waals surface area contributed by atoms with E-state index in [1.54, 1.807) is 6.07 Å². The zero-order chi connectivity index (χ0) is 18.6. The van der Waals surface area contributed by atoms with E-state index >= 15 is 0 Å². The lowest BCUT2D eigenvalue weighted by Crippen LogP contribution is -2.54. The Hall–Kier alpha value is -0.920. The number of nitrogens with one attached hydrogen (secondary N) is 1. The first-order valence-electron chi connectivity index (χ1n) is 9.05. The first-order valence-corrected chi connectivity index (χ1v) is 10.7. The minimum absolute atomic E-state index is 0. The van der Waals surface area contributed by atoms with Gasteiger partial charge in [-0.25, -0.2) is 8.42 Å². The van der Waals surface area contributed by atoms with Crippen molar-refractivity contribution < 1.29 is 18.0 Å². The van der Waals surface area contributed by atoms with Gasteiger partial charge in [0.15, 0.2) is 5.96 Å². The topological polar surface area (TPSA) is 111 Å². The smallest absolute Gasteiger partial charge is 0.220 e. The van der Waals surface area contributed by atoms with Crippen molar-refractivity contribution in [1.29, 1.82) is 0 Å². The molecule has 154 valence electrons. The average molecular weight is 513 g/mol. The van der Waals surface area contributed by atoms with Crippen molar-refractivity contribution in [2.24, 2.45) is 4.99 Å². The summed E-state index contributed by atoms with van der Waals surface area (Å²) in [5, 5.41) is 17.2. The van der Waals surface area contributed by atoms with Crippen LogP contribution >= 0.6 is 24.0 Å². The van der Waals surface area contributed by atoms with E-state index in [0.29, 0.717) is 38.4 Å². The van der Waals surface area contributed by atoms with Crippen LogP contribution in [0.4, 0.5) is 0 Å². The van der Waals surface area contributed by atoms with E-state index in [1.807, 2.05) is 11.8 Å². The van der Waals surface area contributed by atoms with Gasteiger partial charge in [0.2, 0.25) is 10.0 Å². The number of sulfonamides is 1. The Kier molecular flexibility index (Phi) is 7.89. The first-order chi connectivity index (χ1) is 12.4. The molecule has 0 radical (unpaired) electrons. The molecule has 1 aromatic heterocycles. The third-order valence-corrected chi connectivity index (χ3v) is 6.71. The molecule has 1 aliphatic carbocycles. The fourth-order valence-electron chi connectivity index (χ4n) is 3.16. The van der Waals surface area contributed by atoms with Crippen LogP contribution in [0.25, 0.3) is 0 Å². The molecule has 0 spiro atoms. The summed E-state index contributed by atoms with van der Waals surface area (Å²) in [6, 6.07) is 1.56. The molecule has 0 atom stereocenters. The highest BCUT2D eigenvalue weighted by atomic mass is 127. The minimum Gasteiger partial charge on any atom is -0.388 e. The molecule has 2 heterocycles. The normalized spacial score (nSPS) is 20.7. The Balaban J connectivity index is 0.00000261. The number of hydrogen-bond acceptors (Lipinski definition) is 6. The molecule has 1 aromatic rings. The maximum Gasteiger partial charge on any atom is 0.220 e. The Morgan fingerprint density at radius 2 is 2.07 bits per heavy atom. The quantitative estimate of drug-likeness (QED) is 0.326. The minimum atomic E-state index is -3.41. The summed E-state index contributed by atoms with van der Waals surface area (Å²) in [7, 11) is -3.41. The molecule has 1 aliphatic heterocycles. The predicted octanol–water partition coefficient (Wildman–Crippen LogP) is 0.620. The van der Waals surface area contributed by atoms with Crippen molar-refractivity contribution in [2.75, 3.05) is 39.3 Å². The van der Waals surface area contributed by atoms with Crippen LogP contribution in [-0.4, -0.2) is 78.7 Å². The standard InChI is InChI=1S/C16H27N5O4S.HI/c1-2-17-15(18-13-16(22)5-3-6-16)20-7-9-21(10-8-20)26(23,24)12-14-4-11-25-19-14;/h4,11,22H,2-3,5-10,12-13H2,1H3,(H,17,18);1H. The first kappa shape index (κ1) is 22.4. The molecule has 0 unspecified atom stereocenters. The number of piperazine rings is 1. The van der Waals surface area contributed by atoms with Crippen LogP contribution < -0.4 is 5.32 Å². The van der Waals surface area contributed by atoms with E-state index in [4.69, 9.17) is 4.52 Å². The van der Waals surface area contributed by atoms with E-state index in [2.05, 4.69) is 15.5 Å². The molecule has 3 rings (SSSR count). The summed E-state index contributed by atoms with van der Waals surface area (Å²) >= 11 is 0. The number of halogens is 1. The summed E-state index contributed by atoms with van der Waals surface area (Å²) < 4.78 is 31.2. The molecule has 0 amide bonds. The van der Waals surface area contributed by atoms with Gasteiger partial charge in [-0.1, -0.05) is 5.16 Å². The molecular formula is C16H28IN5O4S. The number of rotatable bonds is 6. The van der Waals surface area contributed by atoms with Gasteiger partial charge in [0.25, 0.3) is 0 Å². The highest BCUT2D eigenvalue weighted by Gasteiger charge is 2.35. The van der Waals surface area contributed by atoms with E-state index in [-0.39, 0.29) is 29.7 Å². The largest absolute Gasteiger partial charge is 0.388 e. The van der Waals surface area contributed by atoms with Crippen LogP contribution in [0.1, 0.15) is 31.9 Å². The van der Waals surface area contributed by atoms with Crippen LogP contribution in [-0.2, 0) is 15.8 Å². The summed E-state index contributed by atoms with van der Waals surface area (Å²) in [4.78, 5) is 6.62.